The third kappa shape index (κ3) is 2.36. The predicted octanol–water partition coefficient (Wildman–Crippen LogP) is 2.87. The second kappa shape index (κ2) is 4.85. The van der Waals surface area contributed by atoms with Gasteiger partial charge in [0.05, 0.1) is 5.56 Å². The first-order chi connectivity index (χ1) is 10.0. The molecule has 2 N–H and O–H groups in total. The molecular weight excluding hydrogens is 281 g/mol. The molecule has 0 bridgehead atoms. The van der Waals surface area contributed by atoms with Crippen LogP contribution in [0, 0.1) is 0 Å². The summed E-state index contributed by atoms with van der Waals surface area (Å²) in [6, 6.07) is 10.2. The van der Waals surface area contributed by atoms with Crippen LogP contribution in [0.5, 0.6) is 0 Å². The van der Waals surface area contributed by atoms with Gasteiger partial charge >= 0.3 is 6.18 Å². The van der Waals surface area contributed by atoms with Crippen molar-refractivity contribution in [2.45, 2.75) is 12.7 Å². The molecule has 0 aliphatic rings. The number of hydrogen-bond acceptors (Lipinski definition) is 3. The van der Waals surface area contributed by atoms with E-state index in [0.717, 1.165) is 17.8 Å². The Balaban J connectivity index is 2.13. The van der Waals surface area contributed by atoms with Crippen molar-refractivity contribution in [3.05, 3.63) is 53.7 Å². The Labute approximate surface area is 118 Å². The first-order valence-corrected chi connectivity index (χ1v) is 6.21. The zero-order chi connectivity index (χ0) is 15.0. The molecule has 108 valence electrons. The molecule has 0 aliphatic carbocycles. The molecule has 2 heterocycles. The molecule has 21 heavy (non-hydrogen) atoms. The van der Waals surface area contributed by atoms with E-state index >= 15 is 0 Å². The van der Waals surface area contributed by atoms with Crippen molar-refractivity contribution < 1.29 is 13.2 Å². The normalized spacial score (nSPS) is 12.0. The molecule has 0 amide bonds. The molecule has 4 nitrogen and oxygen atoms in total. The lowest BCUT2D eigenvalue weighted by atomic mass is 10.1. The molecule has 7 heteroatoms. The van der Waals surface area contributed by atoms with E-state index in [-0.39, 0.29) is 6.54 Å². The summed E-state index contributed by atoms with van der Waals surface area (Å²) in [4.78, 5) is 0. The first-order valence-electron chi connectivity index (χ1n) is 6.21. The standard InChI is InChI=1S/C14H11F3N4/c15-14(16,17)10-6-4-9(5-7-10)13-20-19-12-3-1-2-11(8-18)21(12)13/h1-7H,8,18H2. The van der Waals surface area contributed by atoms with E-state index in [1.807, 2.05) is 12.1 Å². The molecule has 0 aliphatic heterocycles. The van der Waals surface area contributed by atoms with Crippen molar-refractivity contribution in [1.82, 2.24) is 14.6 Å². The Morgan fingerprint density at radius 2 is 1.71 bits per heavy atom. The summed E-state index contributed by atoms with van der Waals surface area (Å²) in [6.07, 6.45) is -4.35. The van der Waals surface area contributed by atoms with E-state index in [1.54, 1.807) is 10.5 Å². The van der Waals surface area contributed by atoms with Gasteiger partial charge in [-0.25, -0.2) is 0 Å². The van der Waals surface area contributed by atoms with Gasteiger partial charge in [0, 0.05) is 17.8 Å². The topological polar surface area (TPSA) is 56.2 Å². The monoisotopic (exact) mass is 292 g/mol. The van der Waals surface area contributed by atoms with Gasteiger partial charge in [0.2, 0.25) is 0 Å². The maximum absolute atomic E-state index is 12.6. The van der Waals surface area contributed by atoms with Crippen LogP contribution in [0.4, 0.5) is 13.2 Å². The van der Waals surface area contributed by atoms with Crippen LogP contribution in [0.3, 0.4) is 0 Å². The van der Waals surface area contributed by atoms with E-state index in [0.29, 0.717) is 17.0 Å². The lowest BCUT2D eigenvalue weighted by Gasteiger charge is -2.08. The van der Waals surface area contributed by atoms with Gasteiger partial charge in [0.15, 0.2) is 11.5 Å². The number of benzene rings is 1. The van der Waals surface area contributed by atoms with Gasteiger partial charge < -0.3 is 5.73 Å². The average molecular weight is 292 g/mol. The lowest BCUT2D eigenvalue weighted by Crippen LogP contribution is -2.06. The van der Waals surface area contributed by atoms with Gasteiger partial charge in [-0.3, -0.25) is 4.40 Å². The number of rotatable bonds is 2. The quantitative estimate of drug-likeness (QED) is 0.790. The third-order valence-corrected chi connectivity index (χ3v) is 3.19. The van der Waals surface area contributed by atoms with Gasteiger partial charge in [-0.15, -0.1) is 10.2 Å². The highest BCUT2D eigenvalue weighted by Gasteiger charge is 2.30. The van der Waals surface area contributed by atoms with Crippen LogP contribution in [0.15, 0.2) is 42.5 Å². The van der Waals surface area contributed by atoms with Crippen molar-refractivity contribution in [2.75, 3.05) is 0 Å². The SMILES string of the molecule is NCc1cccc2nnc(-c3ccc(C(F)(F)F)cc3)n12. The number of pyridine rings is 1. The molecule has 3 rings (SSSR count). The van der Waals surface area contributed by atoms with Crippen molar-refractivity contribution >= 4 is 5.65 Å². The van der Waals surface area contributed by atoms with Crippen LogP contribution < -0.4 is 5.73 Å². The number of nitrogens with two attached hydrogens (primary N) is 1. The lowest BCUT2D eigenvalue weighted by molar-refractivity contribution is -0.137. The Morgan fingerprint density at radius 3 is 2.33 bits per heavy atom. The Kier molecular flexibility index (Phi) is 3.13. The fourth-order valence-electron chi connectivity index (χ4n) is 2.16. The predicted molar refractivity (Wildman–Crippen MR) is 71.3 cm³/mol. The van der Waals surface area contributed by atoms with Crippen molar-refractivity contribution in [2.24, 2.45) is 5.73 Å². The first kappa shape index (κ1) is 13.6. The van der Waals surface area contributed by atoms with Crippen molar-refractivity contribution in [3.8, 4) is 11.4 Å². The molecule has 0 spiro atoms. The fraction of sp³-hybridized carbons (Fsp3) is 0.143. The average Bonchev–Trinajstić information content (AvgIpc) is 2.90. The highest BCUT2D eigenvalue weighted by Crippen LogP contribution is 2.30. The van der Waals surface area contributed by atoms with Crippen LogP contribution in [0.1, 0.15) is 11.3 Å². The smallest absolute Gasteiger partial charge is 0.325 e. The Hall–Kier alpha value is -2.41. The fourth-order valence-corrected chi connectivity index (χ4v) is 2.16. The van der Waals surface area contributed by atoms with Crippen LogP contribution >= 0.6 is 0 Å². The van der Waals surface area contributed by atoms with Crippen LogP contribution in [-0.4, -0.2) is 14.6 Å². The van der Waals surface area contributed by atoms with Crippen molar-refractivity contribution in [1.29, 1.82) is 0 Å². The van der Waals surface area contributed by atoms with E-state index in [1.165, 1.54) is 12.1 Å². The molecular formula is C14H11F3N4. The van der Waals surface area contributed by atoms with Crippen LogP contribution in [0.2, 0.25) is 0 Å². The molecule has 3 aromatic rings. The molecule has 0 saturated carbocycles. The number of aromatic nitrogens is 3. The van der Waals surface area contributed by atoms with E-state index < -0.39 is 11.7 Å². The van der Waals surface area contributed by atoms with E-state index in [9.17, 15) is 13.2 Å². The van der Waals surface area contributed by atoms with Crippen LogP contribution in [0.25, 0.3) is 17.0 Å². The van der Waals surface area contributed by atoms with Gasteiger partial charge in [0.25, 0.3) is 0 Å². The highest BCUT2D eigenvalue weighted by molar-refractivity contribution is 5.60. The number of hydrogen-bond donors (Lipinski definition) is 1. The molecule has 2 aromatic heterocycles. The Morgan fingerprint density at radius 1 is 1.00 bits per heavy atom. The van der Waals surface area contributed by atoms with E-state index in [2.05, 4.69) is 10.2 Å². The minimum absolute atomic E-state index is 0.281. The molecule has 0 atom stereocenters. The summed E-state index contributed by atoms with van der Waals surface area (Å²) in [6.45, 7) is 0.281. The van der Waals surface area contributed by atoms with Gasteiger partial charge in [-0.2, -0.15) is 13.2 Å². The second-order valence-corrected chi connectivity index (χ2v) is 4.51. The third-order valence-electron chi connectivity index (χ3n) is 3.19. The van der Waals surface area contributed by atoms with Crippen molar-refractivity contribution in [3.63, 3.8) is 0 Å². The van der Waals surface area contributed by atoms with Crippen LogP contribution in [-0.2, 0) is 12.7 Å². The van der Waals surface area contributed by atoms with Gasteiger partial charge in [-0.05, 0) is 24.3 Å². The molecule has 0 radical (unpaired) electrons. The summed E-state index contributed by atoms with van der Waals surface area (Å²) in [5, 5.41) is 8.05. The summed E-state index contributed by atoms with van der Waals surface area (Å²) in [5.74, 6) is 0.472. The zero-order valence-electron chi connectivity index (χ0n) is 10.8. The molecule has 1 aromatic carbocycles. The summed E-state index contributed by atoms with van der Waals surface area (Å²) >= 11 is 0. The Bertz CT molecular complexity index is 775. The van der Waals surface area contributed by atoms with Gasteiger partial charge in [-0.1, -0.05) is 18.2 Å². The number of halogens is 3. The number of nitrogens with zero attached hydrogens (tertiary/aromatic N) is 3. The summed E-state index contributed by atoms with van der Waals surface area (Å²) in [5.41, 5.74) is 6.92. The highest BCUT2D eigenvalue weighted by atomic mass is 19.4. The number of alkyl halides is 3. The van der Waals surface area contributed by atoms with Gasteiger partial charge in [0.1, 0.15) is 0 Å². The summed E-state index contributed by atoms with van der Waals surface area (Å²) < 4.78 is 39.5. The maximum atomic E-state index is 12.6. The molecule has 0 unspecified atom stereocenters. The molecule has 0 fully saturated rings. The molecule has 0 saturated heterocycles. The maximum Gasteiger partial charge on any atom is 0.416 e. The minimum Gasteiger partial charge on any atom is -0.325 e. The largest absolute Gasteiger partial charge is 0.416 e. The summed E-state index contributed by atoms with van der Waals surface area (Å²) in [7, 11) is 0. The second-order valence-electron chi connectivity index (χ2n) is 4.51. The minimum atomic E-state index is -4.35. The zero-order valence-corrected chi connectivity index (χ0v) is 10.8. The van der Waals surface area contributed by atoms with E-state index in [4.69, 9.17) is 5.73 Å². The number of fused-ring (bicyclic) bond motifs is 1.